The second kappa shape index (κ2) is 10.3. The predicted molar refractivity (Wildman–Crippen MR) is 114 cm³/mol. The molecule has 0 spiro atoms. The van der Waals surface area contributed by atoms with E-state index in [0.717, 1.165) is 43.4 Å². The number of piperidine rings is 1. The molecule has 148 valence electrons. The third kappa shape index (κ3) is 4.97. The Morgan fingerprint density at radius 3 is 2.44 bits per heavy atom. The fourth-order valence-corrected chi connectivity index (χ4v) is 3.76. The van der Waals surface area contributed by atoms with E-state index in [9.17, 15) is 9.59 Å². The molecule has 2 heterocycles. The van der Waals surface area contributed by atoms with Crippen LogP contribution in [-0.2, 0) is 11.3 Å². The van der Waals surface area contributed by atoms with Gasteiger partial charge in [0.25, 0.3) is 0 Å². The highest BCUT2D eigenvalue weighted by Crippen LogP contribution is 2.25. The maximum atomic E-state index is 13.1. The van der Waals surface area contributed by atoms with Crippen LogP contribution >= 0.6 is 12.2 Å². The van der Waals surface area contributed by atoms with Crippen molar-refractivity contribution in [3.63, 3.8) is 0 Å². The minimum Gasteiger partial charge on any atom is -0.369 e. The molecule has 0 radical (unpaired) electrons. The van der Waals surface area contributed by atoms with Crippen LogP contribution in [0.5, 0.6) is 0 Å². The minimum atomic E-state index is -0.0416. The summed E-state index contributed by atoms with van der Waals surface area (Å²) in [6, 6.07) is 8.17. The van der Waals surface area contributed by atoms with Crippen LogP contribution in [0.2, 0.25) is 0 Å². The van der Waals surface area contributed by atoms with E-state index in [-0.39, 0.29) is 17.6 Å². The number of hydrogen-bond acceptors (Lipinski definition) is 3. The quantitative estimate of drug-likeness (QED) is 0.609. The lowest BCUT2D eigenvalue weighted by Gasteiger charge is -2.30. The Hall–Kier alpha value is -2.15. The van der Waals surface area contributed by atoms with Crippen molar-refractivity contribution in [2.75, 3.05) is 19.6 Å². The van der Waals surface area contributed by atoms with Crippen molar-refractivity contribution >= 4 is 34.6 Å². The molecule has 0 aliphatic carbocycles. The van der Waals surface area contributed by atoms with E-state index >= 15 is 0 Å². The Bertz CT molecular complexity index is 819. The average molecular weight is 391 g/mol. The lowest BCUT2D eigenvalue weighted by atomic mass is 10.1. The molecule has 1 amide bonds. The molecule has 1 aromatic heterocycles. The molecule has 1 N–H and O–H groups in total. The number of carbonyl (C=O) groups excluding carboxylic acids is 1. The fraction of sp³-hybridized carbons (Fsp3) is 0.550. The molecule has 27 heavy (non-hydrogen) atoms. The van der Waals surface area contributed by atoms with E-state index in [1.165, 1.54) is 6.92 Å². The number of nitrogens with zero attached hydrogens (tertiary/aromatic N) is 3. The van der Waals surface area contributed by atoms with Crippen molar-refractivity contribution in [2.24, 2.45) is 0 Å². The van der Waals surface area contributed by atoms with E-state index in [2.05, 4.69) is 10.2 Å². The maximum Gasteiger partial charge on any atom is 0.329 e. The zero-order valence-electron chi connectivity index (χ0n) is 16.5. The number of amides is 1. The van der Waals surface area contributed by atoms with Crippen molar-refractivity contribution in [1.82, 2.24) is 19.4 Å². The second-order valence-electron chi connectivity index (χ2n) is 6.50. The Morgan fingerprint density at radius 2 is 1.85 bits per heavy atom. The van der Waals surface area contributed by atoms with Crippen LogP contribution in [0.15, 0.2) is 29.1 Å². The highest BCUT2D eigenvalue weighted by Gasteiger charge is 2.24. The number of imidazole rings is 1. The molecule has 1 aliphatic heterocycles. The number of aromatic nitrogens is 2. The summed E-state index contributed by atoms with van der Waals surface area (Å²) >= 11 is 5.01. The molecule has 1 aromatic carbocycles. The first-order chi connectivity index (χ1) is 13.1. The van der Waals surface area contributed by atoms with Crippen LogP contribution in [0.3, 0.4) is 0 Å². The van der Waals surface area contributed by atoms with Crippen molar-refractivity contribution < 1.29 is 4.79 Å². The van der Waals surface area contributed by atoms with Crippen molar-refractivity contribution in [1.29, 1.82) is 0 Å². The molecule has 1 saturated heterocycles. The standard InChI is InChI=1S/C18H24N4O2S.C2H6/c1-14(23)19-9-4-10-21-16-5-2-3-6-17(16)22(18(21)24)15-7-11-20(13-25)12-8-15;1-2/h2-3,5-6,13,15H,4,7-12H2,1H3,(H,19,23);1-2H3. The summed E-state index contributed by atoms with van der Waals surface area (Å²) in [7, 11) is 0. The molecule has 3 rings (SSSR count). The van der Waals surface area contributed by atoms with Crippen molar-refractivity contribution in [2.45, 2.75) is 52.6 Å². The van der Waals surface area contributed by atoms with Gasteiger partial charge < -0.3 is 10.2 Å². The van der Waals surface area contributed by atoms with Gasteiger partial charge in [-0.3, -0.25) is 13.9 Å². The summed E-state index contributed by atoms with van der Waals surface area (Å²) < 4.78 is 3.79. The van der Waals surface area contributed by atoms with Gasteiger partial charge in [-0.05, 0) is 31.4 Å². The topological polar surface area (TPSA) is 59.3 Å². The van der Waals surface area contributed by atoms with Gasteiger partial charge in [-0.25, -0.2) is 4.79 Å². The molecule has 0 bridgehead atoms. The van der Waals surface area contributed by atoms with Gasteiger partial charge in [0.1, 0.15) is 0 Å². The molecule has 7 heteroatoms. The number of likely N-dealkylation sites (tertiary alicyclic amines) is 1. The lowest BCUT2D eigenvalue weighted by molar-refractivity contribution is -0.118. The summed E-state index contributed by atoms with van der Waals surface area (Å²) in [4.78, 5) is 26.2. The number of benzene rings is 1. The van der Waals surface area contributed by atoms with E-state index in [1.54, 1.807) is 5.49 Å². The van der Waals surface area contributed by atoms with Gasteiger partial charge >= 0.3 is 5.69 Å². The van der Waals surface area contributed by atoms with Crippen molar-refractivity contribution in [3.05, 3.63) is 34.7 Å². The van der Waals surface area contributed by atoms with Crippen LogP contribution < -0.4 is 11.0 Å². The largest absolute Gasteiger partial charge is 0.369 e. The second-order valence-corrected chi connectivity index (χ2v) is 6.71. The van der Waals surface area contributed by atoms with Crippen LogP contribution in [0.25, 0.3) is 11.0 Å². The number of carbonyl (C=O) groups is 1. The average Bonchev–Trinajstić information content (AvgIpc) is 2.98. The van der Waals surface area contributed by atoms with Crippen LogP contribution in [-0.4, -0.2) is 45.1 Å². The molecular formula is C20H30N4O2S. The number of aryl methyl sites for hydroxylation is 1. The first-order valence-corrected chi connectivity index (χ1v) is 10.2. The van der Waals surface area contributed by atoms with E-state index in [0.29, 0.717) is 13.1 Å². The Morgan fingerprint density at radius 1 is 1.22 bits per heavy atom. The summed E-state index contributed by atoms with van der Waals surface area (Å²) in [5.41, 5.74) is 3.72. The minimum absolute atomic E-state index is 0.0416. The molecule has 1 aliphatic rings. The highest BCUT2D eigenvalue weighted by atomic mass is 32.1. The summed E-state index contributed by atoms with van der Waals surface area (Å²) in [6.07, 6.45) is 2.58. The fourth-order valence-electron chi connectivity index (χ4n) is 3.55. The third-order valence-corrected chi connectivity index (χ3v) is 5.11. The SMILES string of the molecule is CC.CC(=O)NCCCn1c(=O)n(C2CCN(C=S)CC2)c2ccccc21. The normalized spacial score (nSPS) is 14.6. The number of nitrogens with one attached hydrogen (secondary N) is 1. The Kier molecular flexibility index (Phi) is 8.03. The maximum absolute atomic E-state index is 13.1. The Labute approximate surface area is 166 Å². The van der Waals surface area contributed by atoms with E-state index < -0.39 is 0 Å². The smallest absolute Gasteiger partial charge is 0.329 e. The molecule has 1 fully saturated rings. The van der Waals surface area contributed by atoms with Gasteiger partial charge in [0, 0.05) is 39.1 Å². The van der Waals surface area contributed by atoms with Gasteiger partial charge in [0.15, 0.2) is 0 Å². The monoisotopic (exact) mass is 390 g/mol. The summed E-state index contributed by atoms with van der Waals surface area (Å²) in [5.74, 6) is -0.0416. The molecule has 0 saturated carbocycles. The van der Waals surface area contributed by atoms with Crippen LogP contribution in [0.1, 0.15) is 46.1 Å². The number of thiocarbonyl (C=S) groups is 1. The lowest BCUT2D eigenvalue weighted by Crippen LogP contribution is -2.37. The number of rotatable bonds is 6. The summed E-state index contributed by atoms with van der Waals surface area (Å²) in [5, 5.41) is 2.78. The van der Waals surface area contributed by atoms with Crippen LogP contribution in [0, 0.1) is 0 Å². The van der Waals surface area contributed by atoms with Crippen LogP contribution in [0.4, 0.5) is 0 Å². The number of fused-ring (bicyclic) bond motifs is 1. The first kappa shape index (κ1) is 21.2. The first-order valence-electron chi connectivity index (χ1n) is 9.75. The zero-order chi connectivity index (χ0) is 19.8. The molecular weight excluding hydrogens is 360 g/mol. The number of hydrogen-bond donors (Lipinski definition) is 1. The highest BCUT2D eigenvalue weighted by molar-refractivity contribution is 7.78. The van der Waals surface area contributed by atoms with E-state index in [4.69, 9.17) is 12.2 Å². The van der Waals surface area contributed by atoms with Gasteiger partial charge in [-0.2, -0.15) is 0 Å². The van der Waals surface area contributed by atoms with Gasteiger partial charge in [0.05, 0.1) is 16.5 Å². The molecule has 0 unspecified atom stereocenters. The zero-order valence-corrected chi connectivity index (χ0v) is 17.3. The summed E-state index contributed by atoms with van der Waals surface area (Å²) in [6.45, 7) is 8.47. The van der Waals surface area contributed by atoms with Gasteiger partial charge in [-0.15, -0.1) is 0 Å². The Balaban J connectivity index is 0.00000126. The van der Waals surface area contributed by atoms with Gasteiger partial charge in [-0.1, -0.05) is 38.2 Å². The molecule has 6 nitrogen and oxygen atoms in total. The molecule has 2 aromatic rings. The predicted octanol–water partition coefficient (Wildman–Crippen LogP) is 2.95. The van der Waals surface area contributed by atoms with Crippen molar-refractivity contribution in [3.8, 4) is 0 Å². The third-order valence-electron chi connectivity index (χ3n) is 4.81. The van der Waals surface area contributed by atoms with E-state index in [1.807, 2.05) is 47.2 Å². The molecule has 0 atom stereocenters. The number of para-hydroxylation sites is 2. The van der Waals surface area contributed by atoms with Gasteiger partial charge in [0.2, 0.25) is 5.91 Å².